The molecule has 25 heavy (non-hydrogen) atoms. The molecule has 2 rings (SSSR count). The van der Waals surface area contributed by atoms with E-state index in [1.54, 1.807) is 24.3 Å². The second-order valence-electron chi connectivity index (χ2n) is 5.15. The zero-order valence-electron chi connectivity index (χ0n) is 13.3. The van der Waals surface area contributed by atoms with Crippen LogP contribution in [0.2, 0.25) is 0 Å². The van der Waals surface area contributed by atoms with Crippen LogP contribution in [0.1, 0.15) is 18.1 Å². The Bertz CT molecular complexity index is 922. The monoisotopic (exact) mass is 362 g/mol. The van der Waals surface area contributed by atoms with E-state index in [4.69, 9.17) is 10.00 Å². The predicted molar refractivity (Wildman–Crippen MR) is 87.1 cm³/mol. The molecule has 0 aliphatic rings. The van der Waals surface area contributed by atoms with E-state index in [-0.39, 0.29) is 6.61 Å². The quantitative estimate of drug-likeness (QED) is 0.794. The molecule has 0 radical (unpaired) electrons. The van der Waals surface area contributed by atoms with Crippen LogP contribution in [-0.4, -0.2) is 20.4 Å². The van der Waals surface area contributed by atoms with Gasteiger partial charge in [0.25, 0.3) is 0 Å². The van der Waals surface area contributed by atoms with E-state index in [1.165, 1.54) is 19.1 Å². The summed E-state index contributed by atoms with van der Waals surface area (Å²) in [4.78, 5) is 11.4. The summed E-state index contributed by atoms with van der Waals surface area (Å²) < 4.78 is 45.0. The molecule has 0 unspecified atom stereocenters. The normalized spacial score (nSPS) is 12.2. The Morgan fingerprint density at radius 3 is 2.56 bits per heavy atom. The van der Waals surface area contributed by atoms with Gasteiger partial charge in [-0.3, -0.25) is 4.79 Å². The van der Waals surface area contributed by atoms with Gasteiger partial charge in [-0.05, 0) is 25.1 Å². The Kier molecular flexibility index (Phi) is 5.85. The van der Waals surface area contributed by atoms with Crippen LogP contribution in [0.15, 0.2) is 53.4 Å². The van der Waals surface area contributed by atoms with Crippen molar-refractivity contribution >= 4 is 16.0 Å². The molecule has 0 heterocycles. The molecule has 2 aromatic rings. The van der Waals surface area contributed by atoms with Crippen LogP contribution in [-0.2, 0) is 26.2 Å². The molecule has 0 aliphatic carbocycles. The van der Waals surface area contributed by atoms with Gasteiger partial charge in [-0.15, -0.1) is 0 Å². The highest BCUT2D eigenvalue weighted by molar-refractivity contribution is 7.89. The van der Waals surface area contributed by atoms with Gasteiger partial charge in [-0.1, -0.05) is 30.3 Å². The number of nitrogens with zero attached hydrogens (tertiary/aromatic N) is 1. The first-order chi connectivity index (χ1) is 11.8. The van der Waals surface area contributed by atoms with Crippen LogP contribution in [0.4, 0.5) is 4.39 Å². The van der Waals surface area contributed by atoms with E-state index >= 15 is 0 Å². The third-order valence-corrected chi connectivity index (χ3v) is 4.89. The molecular weight excluding hydrogens is 347 g/mol. The molecule has 130 valence electrons. The Morgan fingerprint density at radius 1 is 1.24 bits per heavy atom. The Labute approximate surface area is 144 Å². The van der Waals surface area contributed by atoms with Crippen LogP contribution in [0.5, 0.6) is 0 Å². The summed E-state index contributed by atoms with van der Waals surface area (Å²) in [5, 5.41) is 8.98. The number of hydrogen-bond acceptors (Lipinski definition) is 5. The van der Waals surface area contributed by atoms with Crippen molar-refractivity contribution in [1.29, 1.82) is 5.26 Å². The SMILES string of the molecule is C[C@H](NS(=O)(=O)c1ccccc1F)C(=O)OCc1ccccc1C#N. The van der Waals surface area contributed by atoms with E-state index in [1.807, 2.05) is 6.07 Å². The average Bonchev–Trinajstić information content (AvgIpc) is 2.59. The maximum absolute atomic E-state index is 13.6. The van der Waals surface area contributed by atoms with E-state index in [0.717, 1.165) is 12.1 Å². The van der Waals surface area contributed by atoms with Gasteiger partial charge in [-0.25, -0.2) is 12.8 Å². The fraction of sp³-hybridized carbons (Fsp3) is 0.176. The molecule has 1 N–H and O–H groups in total. The summed E-state index contributed by atoms with van der Waals surface area (Å²) in [6, 6.07) is 12.2. The first-order valence-corrected chi connectivity index (χ1v) is 8.75. The Morgan fingerprint density at radius 2 is 1.88 bits per heavy atom. The molecule has 0 amide bonds. The maximum atomic E-state index is 13.6. The molecule has 8 heteroatoms. The molecular formula is C17H15FN2O4S. The third kappa shape index (κ3) is 4.62. The standard InChI is InChI=1S/C17H15FN2O4S/c1-12(20-25(22,23)16-9-5-4-8-15(16)18)17(21)24-11-14-7-3-2-6-13(14)10-19/h2-9,12,20H,11H2,1H3/t12-/m0/s1. The first kappa shape index (κ1) is 18.6. The number of sulfonamides is 1. The van der Waals surface area contributed by atoms with E-state index in [9.17, 15) is 17.6 Å². The van der Waals surface area contributed by atoms with E-state index in [2.05, 4.69) is 4.72 Å². The molecule has 0 spiro atoms. The fourth-order valence-electron chi connectivity index (χ4n) is 2.04. The number of halogens is 1. The highest BCUT2D eigenvalue weighted by Gasteiger charge is 2.25. The van der Waals surface area contributed by atoms with Gasteiger partial charge in [0.05, 0.1) is 11.6 Å². The third-order valence-electron chi connectivity index (χ3n) is 3.32. The number of carbonyl (C=O) groups is 1. The average molecular weight is 362 g/mol. The summed E-state index contributed by atoms with van der Waals surface area (Å²) in [5.41, 5.74) is 0.859. The van der Waals surface area contributed by atoms with E-state index in [0.29, 0.717) is 11.1 Å². The lowest BCUT2D eigenvalue weighted by Crippen LogP contribution is -2.39. The second kappa shape index (κ2) is 7.88. The van der Waals surface area contributed by atoms with Gasteiger partial charge in [0.1, 0.15) is 23.4 Å². The van der Waals surface area contributed by atoms with Crippen LogP contribution in [0, 0.1) is 17.1 Å². The summed E-state index contributed by atoms with van der Waals surface area (Å²) in [6.07, 6.45) is 0. The molecule has 0 aromatic heterocycles. The number of nitriles is 1. The molecule has 0 saturated heterocycles. The molecule has 0 bridgehead atoms. The molecule has 2 aromatic carbocycles. The van der Waals surface area contributed by atoms with Crippen LogP contribution < -0.4 is 4.72 Å². The minimum absolute atomic E-state index is 0.172. The number of rotatable bonds is 6. The highest BCUT2D eigenvalue weighted by Crippen LogP contribution is 2.14. The summed E-state index contributed by atoms with van der Waals surface area (Å²) in [7, 11) is -4.21. The smallest absolute Gasteiger partial charge is 0.324 e. The zero-order valence-corrected chi connectivity index (χ0v) is 14.1. The molecule has 0 fully saturated rings. The molecule has 0 aliphatic heterocycles. The minimum atomic E-state index is -4.21. The topological polar surface area (TPSA) is 96.3 Å². The Hall–Kier alpha value is -2.76. The van der Waals surface area contributed by atoms with Gasteiger partial charge in [0, 0.05) is 5.56 Å². The highest BCUT2D eigenvalue weighted by atomic mass is 32.2. The van der Waals surface area contributed by atoms with E-state index < -0.39 is 32.7 Å². The van der Waals surface area contributed by atoms with Crippen LogP contribution >= 0.6 is 0 Å². The van der Waals surface area contributed by atoms with Crippen molar-refractivity contribution in [2.75, 3.05) is 0 Å². The lowest BCUT2D eigenvalue weighted by atomic mass is 10.1. The van der Waals surface area contributed by atoms with Crippen LogP contribution in [0.3, 0.4) is 0 Å². The van der Waals surface area contributed by atoms with Crippen molar-refractivity contribution in [3.63, 3.8) is 0 Å². The maximum Gasteiger partial charge on any atom is 0.324 e. The van der Waals surface area contributed by atoms with Crippen LogP contribution in [0.25, 0.3) is 0 Å². The first-order valence-electron chi connectivity index (χ1n) is 7.26. The number of benzene rings is 2. The number of hydrogen-bond donors (Lipinski definition) is 1. The number of esters is 1. The predicted octanol–water partition coefficient (Wildman–Crippen LogP) is 2.11. The lowest BCUT2D eigenvalue weighted by molar-refractivity contribution is -0.146. The lowest BCUT2D eigenvalue weighted by Gasteiger charge is -2.14. The van der Waals surface area contributed by atoms with Gasteiger partial charge < -0.3 is 4.74 Å². The van der Waals surface area contributed by atoms with Gasteiger partial charge in [-0.2, -0.15) is 9.98 Å². The number of ether oxygens (including phenoxy) is 1. The van der Waals surface area contributed by atoms with Gasteiger partial charge in [0.2, 0.25) is 10.0 Å². The van der Waals surface area contributed by atoms with Crippen molar-refractivity contribution in [1.82, 2.24) is 4.72 Å². The van der Waals surface area contributed by atoms with Crippen molar-refractivity contribution in [3.05, 3.63) is 65.5 Å². The second-order valence-corrected chi connectivity index (χ2v) is 6.83. The molecule has 0 saturated carbocycles. The largest absolute Gasteiger partial charge is 0.460 e. The van der Waals surface area contributed by atoms with Gasteiger partial charge >= 0.3 is 5.97 Å². The summed E-state index contributed by atoms with van der Waals surface area (Å²) in [6.45, 7) is 1.12. The van der Waals surface area contributed by atoms with Crippen molar-refractivity contribution in [2.24, 2.45) is 0 Å². The van der Waals surface area contributed by atoms with Crippen molar-refractivity contribution in [2.45, 2.75) is 24.5 Å². The van der Waals surface area contributed by atoms with Crippen molar-refractivity contribution < 1.29 is 22.3 Å². The zero-order chi connectivity index (χ0) is 18.4. The minimum Gasteiger partial charge on any atom is -0.460 e. The molecule has 6 nitrogen and oxygen atoms in total. The molecule has 1 atom stereocenters. The fourth-order valence-corrected chi connectivity index (χ4v) is 3.31. The number of carbonyl (C=O) groups excluding carboxylic acids is 1. The van der Waals surface area contributed by atoms with Crippen molar-refractivity contribution in [3.8, 4) is 6.07 Å². The Balaban J connectivity index is 2.03. The summed E-state index contributed by atoms with van der Waals surface area (Å²) in [5.74, 6) is -1.76. The summed E-state index contributed by atoms with van der Waals surface area (Å²) >= 11 is 0. The van der Waals surface area contributed by atoms with Gasteiger partial charge in [0.15, 0.2) is 0 Å². The number of nitrogens with one attached hydrogen (secondary N) is 1.